The number of carbonyl (C=O) groups excluding carboxylic acids is 4. The molecule has 0 aromatic rings. The summed E-state index contributed by atoms with van der Waals surface area (Å²) >= 11 is 0. The molecule has 0 bridgehead atoms. The van der Waals surface area contributed by atoms with Crippen LogP contribution in [-0.4, -0.2) is 122 Å². The summed E-state index contributed by atoms with van der Waals surface area (Å²) in [6.07, 6.45) is 12.4. The number of nitrogens with one attached hydrogen (secondary N) is 3. The van der Waals surface area contributed by atoms with Gasteiger partial charge in [-0.1, -0.05) is 31.1 Å². The molecule has 18 heteroatoms. The molecule has 8 N–H and O–H groups in total. The predicted molar refractivity (Wildman–Crippen MR) is 188 cm³/mol. The van der Waals surface area contributed by atoms with Gasteiger partial charge in [0.2, 0.25) is 5.91 Å². The van der Waals surface area contributed by atoms with Crippen LogP contribution in [0.15, 0.2) is 47.9 Å². The van der Waals surface area contributed by atoms with Crippen LogP contribution in [0.4, 0.5) is 0 Å². The maximum Gasteiger partial charge on any atom is 0.328 e. The second kappa shape index (κ2) is 24.7. The summed E-state index contributed by atoms with van der Waals surface area (Å²) in [4.78, 5) is 61.9. The molecule has 2 aliphatic heterocycles. The average molecular weight is 806 g/mol. The van der Waals surface area contributed by atoms with Gasteiger partial charge >= 0.3 is 11.9 Å². The molecule has 54 heavy (non-hydrogen) atoms. The van der Waals surface area contributed by atoms with E-state index in [0.717, 1.165) is 24.3 Å². The Hall–Kier alpha value is -3.61. The molecule has 0 radical (unpaired) electrons. The number of nitrogens with zero attached hydrogens (tertiary/aromatic N) is 2. The number of ketones is 1. The number of amides is 2. The number of allylic oxidation sites excluding steroid dienone is 6. The van der Waals surface area contributed by atoms with Crippen LogP contribution in [0.5, 0.6) is 0 Å². The minimum absolute atomic E-state index is 0. The van der Waals surface area contributed by atoms with E-state index in [0.29, 0.717) is 50.0 Å². The molecule has 3 aliphatic rings. The number of esters is 1. The van der Waals surface area contributed by atoms with E-state index in [1.807, 2.05) is 0 Å². The van der Waals surface area contributed by atoms with Crippen molar-refractivity contribution in [3.05, 3.63) is 47.9 Å². The van der Waals surface area contributed by atoms with Gasteiger partial charge < -0.3 is 40.6 Å². The fourth-order valence-electron chi connectivity index (χ4n) is 5.97. The number of carboxylic acids is 1. The van der Waals surface area contributed by atoms with Crippen molar-refractivity contribution < 1.29 is 76.2 Å². The molecule has 6 unspecified atom stereocenters. The molecule has 6 atom stereocenters. The van der Waals surface area contributed by atoms with Gasteiger partial charge in [-0.3, -0.25) is 29.7 Å². The van der Waals surface area contributed by atoms with Gasteiger partial charge in [0.05, 0.1) is 11.6 Å². The van der Waals surface area contributed by atoms with Crippen molar-refractivity contribution >= 4 is 29.5 Å². The monoisotopic (exact) mass is 805 g/mol. The van der Waals surface area contributed by atoms with E-state index in [9.17, 15) is 44.6 Å². The van der Waals surface area contributed by atoms with Crippen LogP contribution in [0.3, 0.4) is 0 Å². The zero-order valence-electron chi connectivity index (χ0n) is 30.6. The fourth-order valence-corrected chi connectivity index (χ4v) is 5.97. The van der Waals surface area contributed by atoms with Crippen LogP contribution >= 0.6 is 0 Å². The minimum atomic E-state index is -1.25. The molecule has 0 saturated carbocycles. The molecule has 1 aliphatic carbocycles. The quantitative estimate of drug-likeness (QED) is 0.0113. The van der Waals surface area contributed by atoms with E-state index in [1.54, 1.807) is 31.2 Å². The third-order valence-corrected chi connectivity index (χ3v) is 8.94. The summed E-state index contributed by atoms with van der Waals surface area (Å²) in [7, 11) is 0. The molecule has 304 valence electrons. The molecule has 3 rings (SSSR count). The van der Waals surface area contributed by atoms with Crippen LogP contribution in [-0.2, 0) is 50.5 Å². The van der Waals surface area contributed by atoms with E-state index in [-0.39, 0.29) is 73.3 Å². The average Bonchev–Trinajstić information content (AvgIpc) is 3.55. The molecule has 2 heterocycles. The largest absolute Gasteiger partial charge is 0.481 e. The van der Waals surface area contributed by atoms with Gasteiger partial charge in [-0.05, 0) is 82.9 Å². The minimum Gasteiger partial charge on any atom is -0.481 e. The number of rotatable bonds is 22. The Labute approximate surface area is 325 Å². The summed E-state index contributed by atoms with van der Waals surface area (Å²) < 4.78 is 11.2. The summed E-state index contributed by atoms with van der Waals surface area (Å²) in [5.41, 5.74) is 0.260. The molecule has 2 saturated heterocycles. The standard InChI is InChI=1S/C36H55N5O12.Fe/c1-24(22-30(43)37-26-15-10-13-21-41(51)35(26)48)53-36(49)27(38-33(47)28-23-52-34(39-28)25-14-8-9-17-29(25)42)16-11-12-20-40(50)31(44)18-6-4-2-3-5-7-19-32(45)46;/h6,8-9,14,17-18,24,26-28,30-31,37,39,43-44,50-51H,2-5,7,10-13,15-16,19-23H2,1H3,(H,38,47)(H,45,46);/b18-6+,34-25-;. The van der Waals surface area contributed by atoms with Crippen LogP contribution < -0.4 is 16.0 Å². The van der Waals surface area contributed by atoms with Gasteiger partial charge in [0.25, 0.3) is 5.91 Å². The Morgan fingerprint density at radius 1 is 1.09 bits per heavy atom. The number of unbranched alkanes of at least 4 members (excludes halogenated alkanes) is 5. The van der Waals surface area contributed by atoms with Crippen LogP contribution in [0, 0.1) is 0 Å². The van der Waals surface area contributed by atoms with Crippen molar-refractivity contribution in [1.29, 1.82) is 0 Å². The number of aliphatic carboxylic acids is 1. The molecule has 17 nitrogen and oxygen atoms in total. The van der Waals surface area contributed by atoms with Crippen molar-refractivity contribution in [3.8, 4) is 0 Å². The normalized spacial score (nSPS) is 22.2. The van der Waals surface area contributed by atoms with Gasteiger partial charge in [0.1, 0.15) is 37.3 Å². The SMILES string of the molecule is CC(CC(O)NC1CCCCN(O)C1=O)OC(=O)C(CCCCN(O)C(O)/C=C/CCCCCCC(=O)O)NC(=O)C1CO/C(=C2/C=CC=CC2=O)N1.[Fe]. The Balaban J connectivity index is 0.0000101. The van der Waals surface area contributed by atoms with E-state index in [1.165, 1.54) is 12.2 Å². The number of carbonyl (C=O) groups is 5. The third kappa shape index (κ3) is 16.4. The van der Waals surface area contributed by atoms with E-state index >= 15 is 0 Å². The summed E-state index contributed by atoms with van der Waals surface area (Å²) in [5.74, 6) is -2.86. The first-order valence-corrected chi connectivity index (χ1v) is 18.4. The van der Waals surface area contributed by atoms with Gasteiger partial charge in [-0.15, -0.1) is 0 Å². The number of hydroxylamine groups is 4. The first kappa shape index (κ1) is 46.5. The topological polar surface area (TPSA) is 248 Å². The summed E-state index contributed by atoms with van der Waals surface area (Å²) in [6, 6.07) is -2.84. The predicted octanol–water partition coefficient (Wildman–Crippen LogP) is 1.53. The van der Waals surface area contributed by atoms with Crippen LogP contribution in [0.1, 0.15) is 90.4 Å². The summed E-state index contributed by atoms with van der Waals surface area (Å²) in [6.45, 7) is 1.73. The molecule has 2 amide bonds. The van der Waals surface area contributed by atoms with E-state index in [4.69, 9.17) is 14.6 Å². The number of carboxylic acid groups (broad SMARTS) is 1. The van der Waals surface area contributed by atoms with Crippen molar-refractivity contribution in [1.82, 2.24) is 26.1 Å². The zero-order chi connectivity index (χ0) is 38.8. The number of ether oxygens (including phenoxy) is 2. The first-order chi connectivity index (χ1) is 25.3. The molecule has 2 fully saturated rings. The van der Waals surface area contributed by atoms with E-state index < -0.39 is 60.4 Å². The Bertz CT molecular complexity index is 1370. The maximum atomic E-state index is 13.4. The molecular weight excluding hydrogens is 750 g/mol. The maximum absolute atomic E-state index is 13.4. The van der Waals surface area contributed by atoms with Gasteiger partial charge in [-0.25, -0.2) is 9.86 Å². The number of hydrogen-bond acceptors (Lipinski definition) is 14. The summed E-state index contributed by atoms with van der Waals surface area (Å²) in [5, 5.41) is 59.5. The van der Waals surface area contributed by atoms with Crippen molar-refractivity contribution in [2.24, 2.45) is 0 Å². The first-order valence-electron chi connectivity index (χ1n) is 18.4. The molecule has 0 spiro atoms. The van der Waals surface area contributed by atoms with Crippen LogP contribution in [0.25, 0.3) is 0 Å². The number of hydrogen-bond donors (Lipinski definition) is 8. The van der Waals surface area contributed by atoms with Crippen LogP contribution in [0.2, 0.25) is 0 Å². The van der Waals surface area contributed by atoms with Crippen molar-refractivity contribution in [2.45, 2.75) is 127 Å². The van der Waals surface area contributed by atoms with Crippen molar-refractivity contribution in [2.75, 3.05) is 19.7 Å². The van der Waals surface area contributed by atoms with E-state index in [2.05, 4.69) is 16.0 Å². The number of aliphatic hydroxyl groups is 2. The van der Waals surface area contributed by atoms with Gasteiger partial charge in [0, 0.05) is 43.0 Å². The molecular formula is C36H55FeN5O12. The van der Waals surface area contributed by atoms with Gasteiger partial charge in [-0.2, -0.15) is 5.06 Å². The Kier molecular flexibility index (Phi) is 21.3. The zero-order valence-corrected chi connectivity index (χ0v) is 31.7. The second-order valence-electron chi connectivity index (χ2n) is 13.4. The smallest absolute Gasteiger partial charge is 0.328 e. The Morgan fingerprint density at radius 3 is 2.57 bits per heavy atom. The molecule has 0 aromatic heterocycles. The Morgan fingerprint density at radius 2 is 1.83 bits per heavy atom. The third-order valence-electron chi connectivity index (χ3n) is 8.94. The second-order valence-corrected chi connectivity index (χ2v) is 13.4. The van der Waals surface area contributed by atoms with Crippen molar-refractivity contribution in [3.63, 3.8) is 0 Å². The number of aliphatic hydroxyl groups excluding tert-OH is 2. The molecule has 0 aromatic carbocycles. The van der Waals surface area contributed by atoms with Gasteiger partial charge in [0.15, 0.2) is 11.7 Å². The fraction of sp³-hybridized carbons (Fsp3) is 0.639.